The average molecular weight is 296 g/mol. The van der Waals surface area contributed by atoms with E-state index in [1.807, 2.05) is 6.92 Å². The lowest BCUT2D eigenvalue weighted by Gasteiger charge is -2.04. The highest BCUT2D eigenvalue weighted by Gasteiger charge is 2.38. The van der Waals surface area contributed by atoms with E-state index in [1.165, 1.54) is 0 Å². The van der Waals surface area contributed by atoms with E-state index in [-0.39, 0.29) is 5.16 Å². The van der Waals surface area contributed by atoms with Crippen LogP contribution in [0.1, 0.15) is 18.6 Å². The largest absolute Gasteiger partial charge is 0.453 e. The van der Waals surface area contributed by atoms with Crippen LogP contribution in [0.2, 0.25) is 0 Å². The molecule has 0 amide bonds. The molecule has 0 bridgehead atoms. The molecule has 6 nitrogen and oxygen atoms in total. The van der Waals surface area contributed by atoms with Crippen molar-refractivity contribution in [1.82, 2.24) is 24.2 Å². The third-order valence-corrected chi connectivity index (χ3v) is 3.61. The number of nitrogens with two attached hydrogens (primary N) is 1. The van der Waals surface area contributed by atoms with Crippen LogP contribution >= 0.6 is 23.3 Å². The van der Waals surface area contributed by atoms with E-state index < -0.39 is 12.0 Å². The lowest BCUT2D eigenvalue weighted by Crippen LogP contribution is -2.21. The monoisotopic (exact) mass is 296 g/mol. The van der Waals surface area contributed by atoms with Crippen molar-refractivity contribution >= 4 is 23.3 Å². The molecule has 0 unspecified atom stereocenters. The summed E-state index contributed by atoms with van der Waals surface area (Å²) in [5.41, 5.74) is 0. The first-order chi connectivity index (χ1) is 8.41. The van der Waals surface area contributed by atoms with E-state index in [1.54, 1.807) is 0 Å². The predicted octanol–water partition coefficient (Wildman–Crippen LogP) is 1.58. The first-order valence-electron chi connectivity index (χ1n) is 4.70. The molecule has 2 aromatic heterocycles. The first-order valence-corrected chi connectivity index (χ1v) is 6.29. The van der Waals surface area contributed by atoms with Gasteiger partial charge in [0.1, 0.15) is 5.82 Å². The van der Waals surface area contributed by atoms with Gasteiger partial charge in [-0.2, -0.15) is 17.5 Å². The molecule has 0 saturated carbocycles. The zero-order valence-electron chi connectivity index (χ0n) is 8.97. The van der Waals surface area contributed by atoms with Crippen LogP contribution in [0.25, 0.3) is 0 Å². The van der Waals surface area contributed by atoms with Crippen molar-refractivity contribution in [2.45, 2.75) is 29.0 Å². The van der Waals surface area contributed by atoms with Gasteiger partial charge in [0.05, 0.1) is 0 Å². The van der Waals surface area contributed by atoms with E-state index in [0.717, 1.165) is 23.3 Å². The van der Waals surface area contributed by atoms with Crippen LogP contribution < -0.4 is 5.84 Å². The topological polar surface area (TPSA) is 82.5 Å². The zero-order chi connectivity index (χ0) is 13.3. The summed E-state index contributed by atoms with van der Waals surface area (Å²) in [5, 5.41) is 6.31. The summed E-state index contributed by atoms with van der Waals surface area (Å²) in [6, 6.07) is 0. The fraction of sp³-hybridized carbons (Fsp3) is 0.429. The number of aromatic nitrogens is 5. The highest BCUT2D eigenvalue weighted by molar-refractivity contribution is 8.00. The number of halogens is 3. The SMILES string of the molecule is CCc1nsc(Sc2nnc(C(F)(F)F)n2N)n1. The number of rotatable bonds is 3. The molecule has 2 aromatic rings. The first kappa shape index (κ1) is 13.1. The van der Waals surface area contributed by atoms with Gasteiger partial charge in [0.25, 0.3) is 5.82 Å². The van der Waals surface area contributed by atoms with Gasteiger partial charge in [-0.3, -0.25) is 0 Å². The maximum absolute atomic E-state index is 12.4. The molecule has 2 rings (SSSR count). The number of nitrogens with zero attached hydrogens (tertiary/aromatic N) is 5. The number of hydrogen-bond acceptors (Lipinski definition) is 7. The summed E-state index contributed by atoms with van der Waals surface area (Å²) < 4.78 is 42.1. The van der Waals surface area contributed by atoms with Gasteiger partial charge in [-0.1, -0.05) is 6.92 Å². The molecular formula is C7H7F3N6S2. The summed E-state index contributed by atoms with van der Waals surface area (Å²) in [6.45, 7) is 1.88. The fourth-order valence-corrected chi connectivity index (χ4v) is 2.60. The van der Waals surface area contributed by atoms with Crippen LogP contribution in [-0.4, -0.2) is 24.2 Å². The maximum Gasteiger partial charge on any atom is 0.453 e. The maximum atomic E-state index is 12.4. The van der Waals surface area contributed by atoms with Gasteiger partial charge in [-0.15, -0.1) is 10.2 Å². The molecule has 98 valence electrons. The molecule has 2 heterocycles. The summed E-state index contributed by atoms with van der Waals surface area (Å²) >= 11 is 1.97. The Morgan fingerprint density at radius 2 is 2.11 bits per heavy atom. The standard InChI is InChI=1S/C7H7F3N6S2/c1-2-3-12-6(18-15-3)17-5-14-13-4(16(5)11)7(8,9)10/h2,11H2,1H3. The van der Waals surface area contributed by atoms with Crippen molar-refractivity contribution < 1.29 is 13.2 Å². The molecule has 0 aliphatic carbocycles. The smallest absolute Gasteiger partial charge is 0.335 e. The fourth-order valence-electron chi connectivity index (χ4n) is 1.04. The average Bonchev–Trinajstić information content (AvgIpc) is 2.86. The molecule has 0 saturated heterocycles. The van der Waals surface area contributed by atoms with Gasteiger partial charge in [0.2, 0.25) is 5.16 Å². The Kier molecular flexibility index (Phi) is 3.43. The predicted molar refractivity (Wildman–Crippen MR) is 58.6 cm³/mol. The lowest BCUT2D eigenvalue weighted by atomic mass is 10.5. The second kappa shape index (κ2) is 4.72. The quantitative estimate of drug-likeness (QED) is 0.866. The summed E-state index contributed by atoms with van der Waals surface area (Å²) in [5.74, 6) is 4.67. The molecule has 0 aliphatic rings. The van der Waals surface area contributed by atoms with Crippen LogP contribution in [0.15, 0.2) is 9.50 Å². The number of hydrogen-bond donors (Lipinski definition) is 1. The molecule has 0 radical (unpaired) electrons. The van der Waals surface area contributed by atoms with E-state index in [9.17, 15) is 13.2 Å². The number of aryl methyl sites for hydroxylation is 1. The summed E-state index contributed by atoms with van der Waals surface area (Å²) in [4.78, 5) is 4.09. The molecule has 2 N–H and O–H groups in total. The third-order valence-electron chi connectivity index (χ3n) is 1.86. The number of nitrogen functional groups attached to an aromatic ring is 1. The molecule has 0 atom stereocenters. The highest BCUT2D eigenvalue weighted by atomic mass is 32.2. The third kappa shape index (κ3) is 2.56. The Balaban J connectivity index is 2.22. The Morgan fingerprint density at radius 3 is 2.61 bits per heavy atom. The van der Waals surface area contributed by atoms with Crippen LogP contribution in [-0.2, 0) is 12.6 Å². The lowest BCUT2D eigenvalue weighted by molar-refractivity contribution is -0.146. The van der Waals surface area contributed by atoms with Crippen molar-refractivity contribution in [1.29, 1.82) is 0 Å². The summed E-state index contributed by atoms with van der Waals surface area (Å²) in [6.07, 6.45) is -3.98. The van der Waals surface area contributed by atoms with Crippen molar-refractivity contribution in [3.05, 3.63) is 11.6 Å². The molecule has 0 aromatic carbocycles. The van der Waals surface area contributed by atoms with Gasteiger partial charge in [0.15, 0.2) is 4.34 Å². The van der Waals surface area contributed by atoms with E-state index in [0.29, 0.717) is 21.3 Å². The minimum atomic E-state index is -4.63. The zero-order valence-corrected chi connectivity index (χ0v) is 10.6. The van der Waals surface area contributed by atoms with E-state index in [4.69, 9.17) is 5.84 Å². The van der Waals surface area contributed by atoms with Gasteiger partial charge >= 0.3 is 6.18 Å². The Morgan fingerprint density at radius 1 is 1.39 bits per heavy atom. The second-order valence-electron chi connectivity index (χ2n) is 3.11. The minimum Gasteiger partial charge on any atom is -0.335 e. The van der Waals surface area contributed by atoms with Gasteiger partial charge in [-0.05, 0) is 23.3 Å². The molecule has 11 heteroatoms. The molecular weight excluding hydrogens is 289 g/mol. The van der Waals surface area contributed by atoms with Crippen molar-refractivity contribution in [2.24, 2.45) is 0 Å². The molecule has 0 aliphatic heterocycles. The normalized spacial score (nSPS) is 12.0. The molecule has 0 spiro atoms. The van der Waals surface area contributed by atoms with Gasteiger partial charge < -0.3 is 5.84 Å². The van der Waals surface area contributed by atoms with Crippen LogP contribution in [0.5, 0.6) is 0 Å². The molecule has 18 heavy (non-hydrogen) atoms. The van der Waals surface area contributed by atoms with Gasteiger partial charge in [0, 0.05) is 6.42 Å². The Labute approximate surface area is 108 Å². The van der Waals surface area contributed by atoms with Crippen molar-refractivity contribution in [3.8, 4) is 0 Å². The minimum absolute atomic E-state index is 0.0823. The molecule has 0 fully saturated rings. The van der Waals surface area contributed by atoms with Crippen LogP contribution in [0.3, 0.4) is 0 Å². The Hall–Kier alpha value is -1.36. The Bertz CT molecular complexity index is 548. The summed E-state index contributed by atoms with van der Waals surface area (Å²) in [7, 11) is 0. The van der Waals surface area contributed by atoms with Crippen LogP contribution in [0, 0.1) is 0 Å². The van der Waals surface area contributed by atoms with Crippen molar-refractivity contribution in [2.75, 3.05) is 5.84 Å². The number of alkyl halides is 3. The second-order valence-corrected chi connectivity index (χ2v) is 5.07. The van der Waals surface area contributed by atoms with Gasteiger partial charge in [-0.25, -0.2) is 9.66 Å². The highest BCUT2D eigenvalue weighted by Crippen LogP contribution is 2.32. The van der Waals surface area contributed by atoms with E-state index >= 15 is 0 Å². The van der Waals surface area contributed by atoms with Crippen LogP contribution in [0.4, 0.5) is 13.2 Å². The van der Waals surface area contributed by atoms with Crippen molar-refractivity contribution in [3.63, 3.8) is 0 Å². The van der Waals surface area contributed by atoms with E-state index in [2.05, 4.69) is 19.6 Å².